The number of sulfonamides is 1. The molecular weight excluding hydrogens is 436 g/mol. The molecule has 2 aromatic carbocycles. The van der Waals surface area contributed by atoms with Crippen molar-refractivity contribution in [3.63, 3.8) is 0 Å². The highest BCUT2D eigenvalue weighted by Crippen LogP contribution is 2.32. The van der Waals surface area contributed by atoms with Gasteiger partial charge in [0.25, 0.3) is 15.9 Å². The van der Waals surface area contributed by atoms with Crippen LogP contribution in [0.1, 0.15) is 35.3 Å². The molecule has 1 amide bonds. The van der Waals surface area contributed by atoms with Crippen LogP contribution in [0.25, 0.3) is 0 Å². The van der Waals surface area contributed by atoms with Crippen molar-refractivity contribution in [3.8, 4) is 11.5 Å². The average molecular weight is 459 g/mol. The zero-order valence-electron chi connectivity index (χ0n) is 16.8. The largest absolute Gasteiger partial charge is 0.490 e. The highest BCUT2D eigenvalue weighted by molar-refractivity contribution is 7.94. The van der Waals surface area contributed by atoms with Crippen LogP contribution in [0.5, 0.6) is 11.5 Å². The Morgan fingerprint density at radius 2 is 1.77 bits per heavy atom. The minimum atomic E-state index is -3.62. The molecule has 0 fully saturated rings. The Kier molecular flexibility index (Phi) is 6.15. The van der Waals surface area contributed by atoms with Crippen molar-refractivity contribution in [2.75, 3.05) is 17.9 Å². The Balaban J connectivity index is 1.41. The van der Waals surface area contributed by atoms with E-state index in [0.29, 0.717) is 36.0 Å². The van der Waals surface area contributed by atoms with Crippen LogP contribution in [-0.2, 0) is 10.0 Å². The molecule has 162 valence electrons. The van der Waals surface area contributed by atoms with Gasteiger partial charge < -0.3 is 14.8 Å². The van der Waals surface area contributed by atoms with E-state index in [0.717, 1.165) is 23.3 Å². The Morgan fingerprint density at radius 1 is 1.03 bits per heavy atom. The van der Waals surface area contributed by atoms with Crippen LogP contribution in [0.15, 0.2) is 64.2 Å². The van der Waals surface area contributed by atoms with E-state index in [1.54, 1.807) is 35.7 Å². The number of anilines is 1. The molecule has 9 heteroatoms. The normalized spacial score (nSPS) is 14.4. The second kappa shape index (κ2) is 8.99. The zero-order chi connectivity index (χ0) is 21.8. The monoisotopic (exact) mass is 458 g/mol. The van der Waals surface area contributed by atoms with E-state index in [9.17, 15) is 13.2 Å². The van der Waals surface area contributed by atoms with Crippen molar-refractivity contribution in [1.82, 2.24) is 5.32 Å². The smallest absolute Gasteiger partial charge is 0.271 e. The Labute approximate surface area is 185 Å². The van der Waals surface area contributed by atoms with Gasteiger partial charge in [0.05, 0.1) is 19.3 Å². The molecule has 31 heavy (non-hydrogen) atoms. The standard InChI is InChI=1S/C22H22N2O5S2/c1-15(17-7-10-19-20(14-17)29-12-3-11-28-19)23-22(25)16-5-8-18(9-6-16)24-31(26,27)21-4-2-13-30-21/h2,4-10,13-15,24H,3,11-12H2,1H3,(H,23,25). The lowest BCUT2D eigenvalue weighted by Crippen LogP contribution is -2.26. The SMILES string of the molecule is CC(NC(=O)c1ccc(NS(=O)(=O)c2cccs2)cc1)c1ccc2c(c1)OCCCO2. The van der Waals surface area contributed by atoms with Gasteiger partial charge in [0.1, 0.15) is 4.21 Å². The molecule has 0 aliphatic carbocycles. The van der Waals surface area contributed by atoms with Crippen molar-refractivity contribution < 1.29 is 22.7 Å². The predicted octanol–water partition coefficient (Wildman–Crippen LogP) is 4.20. The van der Waals surface area contributed by atoms with Crippen LogP contribution in [-0.4, -0.2) is 27.5 Å². The number of thiophene rings is 1. The third kappa shape index (κ3) is 5.00. The number of carbonyl (C=O) groups is 1. The molecule has 0 radical (unpaired) electrons. The number of hydrogen-bond donors (Lipinski definition) is 2. The summed E-state index contributed by atoms with van der Waals surface area (Å²) in [5, 5.41) is 4.65. The van der Waals surface area contributed by atoms with Crippen LogP contribution in [0.2, 0.25) is 0 Å². The van der Waals surface area contributed by atoms with Crippen molar-refractivity contribution in [1.29, 1.82) is 0 Å². The quantitative estimate of drug-likeness (QED) is 0.577. The molecule has 2 heterocycles. The van der Waals surface area contributed by atoms with Gasteiger partial charge >= 0.3 is 0 Å². The van der Waals surface area contributed by atoms with Crippen LogP contribution in [0.3, 0.4) is 0 Å². The first kappa shape index (κ1) is 21.2. The molecule has 2 N–H and O–H groups in total. The average Bonchev–Trinajstić information content (AvgIpc) is 3.21. The Morgan fingerprint density at radius 3 is 2.48 bits per heavy atom. The molecule has 1 aliphatic heterocycles. The van der Waals surface area contributed by atoms with Gasteiger partial charge in [-0.15, -0.1) is 11.3 Å². The minimum absolute atomic E-state index is 0.235. The number of benzene rings is 2. The van der Waals surface area contributed by atoms with E-state index in [-0.39, 0.29) is 16.2 Å². The maximum Gasteiger partial charge on any atom is 0.271 e. The van der Waals surface area contributed by atoms with Gasteiger partial charge in [-0.3, -0.25) is 9.52 Å². The van der Waals surface area contributed by atoms with E-state index < -0.39 is 10.0 Å². The van der Waals surface area contributed by atoms with Gasteiger partial charge in [-0.1, -0.05) is 12.1 Å². The summed E-state index contributed by atoms with van der Waals surface area (Å²) in [5.74, 6) is 1.13. The fourth-order valence-electron chi connectivity index (χ4n) is 3.12. The van der Waals surface area contributed by atoms with Crippen molar-refractivity contribution in [3.05, 3.63) is 71.1 Å². The predicted molar refractivity (Wildman–Crippen MR) is 119 cm³/mol. The van der Waals surface area contributed by atoms with Gasteiger partial charge in [0.2, 0.25) is 0 Å². The number of ether oxygens (including phenoxy) is 2. The summed E-state index contributed by atoms with van der Waals surface area (Å²) in [6, 6.07) is 14.9. The first-order chi connectivity index (χ1) is 14.9. The Hall–Kier alpha value is -3.04. The third-order valence-electron chi connectivity index (χ3n) is 4.78. The van der Waals surface area contributed by atoms with Crippen LogP contribution >= 0.6 is 11.3 Å². The van der Waals surface area contributed by atoms with E-state index in [1.165, 1.54) is 6.07 Å². The van der Waals surface area contributed by atoms with Gasteiger partial charge in [0.15, 0.2) is 11.5 Å². The highest BCUT2D eigenvalue weighted by atomic mass is 32.2. The summed E-state index contributed by atoms with van der Waals surface area (Å²) < 4.78 is 38.7. The summed E-state index contributed by atoms with van der Waals surface area (Å²) in [4.78, 5) is 12.7. The molecule has 0 bridgehead atoms. The first-order valence-electron chi connectivity index (χ1n) is 9.79. The molecule has 1 aliphatic rings. The summed E-state index contributed by atoms with van der Waals surface area (Å²) in [6.07, 6.45) is 0.829. The number of nitrogens with one attached hydrogen (secondary N) is 2. The van der Waals surface area contributed by atoms with Gasteiger partial charge in [-0.2, -0.15) is 0 Å². The Bertz CT molecular complexity index is 1160. The molecule has 0 saturated carbocycles. The maximum atomic E-state index is 12.7. The number of fused-ring (bicyclic) bond motifs is 1. The lowest BCUT2D eigenvalue weighted by molar-refractivity contribution is 0.0940. The van der Waals surface area contributed by atoms with Crippen LogP contribution in [0.4, 0.5) is 5.69 Å². The number of rotatable bonds is 6. The summed E-state index contributed by atoms with van der Waals surface area (Å²) in [6.45, 7) is 3.11. The van der Waals surface area contributed by atoms with E-state index in [4.69, 9.17) is 9.47 Å². The van der Waals surface area contributed by atoms with Crippen molar-refractivity contribution in [2.45, 2.75) is 23.6 Å². The molecule has 1 aromatic heterocycles. The summed E-state index contributed by atoms with van der Waals surface area (Å²) >= 11 is 1.14. The van der Waals surface area contributed by atoms with Crippen LogP contribution < -0.4 is 19.5 Å². The molecule has 4 rings (SSSR count). The lowest BCUT2D eigenvalue weighted by Gasteiger charge is -2.17. The molecular formula is C22H22N2O5S2. The molecule has 1 unspecified atom stereocenters. The van der Waals surface area contributed by atoms with Crippen LogP contribution in [0, 0.1) is 0 Å². The first-order valence-corrected chi connectivity index (χ1v) is 12.2. The minimum Gasteiger partial charge on any atom is -0.490 e. The van der Waals surface area contributed by atoms with Crippen molar-refractivity contribution in [2.24, 2.45) is 0 Å². The second-order valence-electron chi connectivity index (χ2n) is 7.07. The zero-order valence-corrected chi connectivity index (χ0v) is 18.5. The second-order valence-corrected chi connectivity index (χ2v) is 9.92. The van der Waals surface area contributed by atoms with Crippen molar-refractivity contribution >= 4 is 33.0 Å². The molecule has 1 atom stereocenters. The number of hydrogen-bond acceptors (Lipinski definition) is 6. The topological polar surface area (TPSA) is 93.7 Å². The summed E-state index contributed by atoms with van der Waals surface area (Å²) in [5.41, 5.74) is 1.72. The maximum absolute atomic E-state index is 12.7. The van der Waals surface area contributed by atoms with Gasteiger partial charge in [-0.05, 0) is 60.3 Å². The van der Waals surface area contributed by atoms with Gasteiger partial charge in [-0.25, -0.2) is 8.42 Å². The van der Waals surface area contributed by atoms with Gasteiger partial charge in [0, 0.05) is 17.7 Å². The molecule has 3 aromatic rings. The summed E-state index contributed by atoms with van der Waals surface area (Å²) in [7, 11) is -3.62. The molecule has 0 spiro atoms. The lowest BCUT2D eigenvalue weighted by atomic mass is 10.1. The number of amides is 1. The third-order valence-corrected chi connectivity index (χ3v) is 7.56. The van der Waals surface area contributed by atoms with E-state index >= 15 is 0 Å². The fourth-order valence-corrected chi connectivity index (χ4v) is 5.18. The van der Waals surface area contributed by atoms with E-state index in [2.05, 4.69) is 10.0 Å². The fraction of sp³-hybridized carbons (Fsp3) is 0.227. The molecule has 7 nitrogen and oxygen atoms in total. The highest BCUT2D eigenvalue weighted by Gasteiger charge is 2.17. The number of carbonyl (C=O) groups excluding carboxylic acids is 1. The molecule has 0 saturated heterocycles. The van der Waals surface area contributed by atoms with E-state index in [1.807, 2.05) is 25.1 Å².